The normalized spacial score (nSPS) is 12.9. The number of amides is 2. The van der Waals surface area contributed by atoms with Crippen molar-refractivity contribution < 1.29 is 22.7 Å². The van der Waals surface area contributed by atoms with Crippen LogP contribution in [0, 0.1) is 6.92 Å². The van der Waals surface area contributed by atoms with Crippen molar-refractivity contribution >= 4 is 39.1 Å². The predicted molar refractivity (Wildman–Crippen MR) is 149 cm³/mol. The number of nitrogens with one attached hydrogen (secondary N) is 1. The summed E-state index contributed by atoms with van der Waals surface area (Å²) in [5.41, 5.74) is 2.36. The van der Waals surface area contributed by atoms with Crippen molar-refractivity contribution in [2.24, 2.45) is 0 Å². The van der Waals surface area contributed by atoms with Crippen LogP contribution < -0.4 is 14.4 Å². The van der Waals surface area contributed by atoms with E-state index in [-0.39, 0.29) is 48.8 Å². The minimum atomic E-state index is -3.63. The summed E-state index contributed by atoms with van der Waals surface area (Å²) < 4.78 is 31.4. The third-order valence-electron chi connectivity index (χ3n) is 6.35. The highest BCUT2D eigenvalue weighted by Crippen LogP contribution is 2.30. The molecule has 0 aliphatic heterocycles. The molecule has 0 saturated carbocycles. The standard InChI is InChI=1S/C27H38ClN3O5S/c1-7-20(3)29-27(33)21(4)30(18-22-12-9-8-11-19(22)2)26(32)13-10-16-31(37(6,34)35)23-14-15-25(36-5)24(28)17-23/h8-9,11-12,14-15,17,20-21H,7,10,13,16,18H2,1-6H3,(H,29,33)/t20-,21+/m1/s1. The quantitative estimate of drug-likeness (QED) is 0.394. The lowest BCUT2D eigenvalue weighted by Gasteiger charge is -2.30. The van der Waals surface area contributed by atoms with Crippen LogP contribution in [0.1, 0.15) is 51.2 Å². The zero-order valence-corrected chi connectivity index (χ0v) is 24.0. The molecule has 0 radical (unpaired) electrons. The zero-order chi connectivity index (χ0) is 27.8. The molecule has 2 atom stereocenters. The van der Waals surface area contributed by atoms with E-state index in [1.54, 1.807) is 24.0 Å². The number of hydrogen-bond donors (Lipinski definition) is 1. The number of methoxy groups -OCH3 is 1. The summed E-state index contributed by atoms with van der Waals surface area (Å²) in [5, 5.41) is 3.24. The summed E-state index contributed by atoms with van der Waals surface area (Å²) in [6.07, 6.45) is 2.22. The number of benzene rings is 2. The Morgan fingerprint density at radius 2 is 1.81 bits per heavy atom. The maximum Gasteiger partial charge on any atom is 0.242 e. The van der Waals surface area contributed by atoms with Gasteiger partial charge in [0.1, 0.15) is 11.8 Å². The number of carbonyl (C=O) groups excluding carboxylic acids is 2. The second-order valence-corrected chi connectivity index (χ2v) is 11.5. The van der Waals surface area contributed by atoms with Gasteiger partial charge in [-0.1, -0.05) is 42.8 Å². The number of ether oxygens (including phenoxy) is 1. The van der Waals surface area contributed by atoms with E-state index in [0.717, 1.165) is 23.8 Å². The number of sulfonamides is 1. The van der Waals surface area contributed by atoms with Gasteiger partial charge in [-0.05, 0) is 62.9 Å². The number of aryl methyl sites for hydroxylation is 1. The Kier molecular flexibility index (Phi) is 11.3. The summed E-state index contributed by atoms with van der Waals surface area (Å²) in [6.45, 7) is 7.95. The van der Waals surface area contributed by atoms with Crippen molar-refractivity contribution in [2.75, 3.05) is 24.2 Å². The molecular weight excluding hydrogens is 514 g/mol. The molecule has 0 unspecified atom stereocenters. The minimum Gasteiger partial charge on any atom is -0.495 e. The van der Waals surface area contributed by atoms with Gasteiger partial charge in [0.15, 0.2) is 0 Å². The second-order valence-electron chi connectivity index (χ2n) is 9.20. The van der Waals surface area contributed by atoms with Gasteiger partial charge in [-0.25, -0.2) is 8.42 Å². The van der Waals surface area contributed by atoms with E-state index < -0.39 is 16.1 Å². The van der Waals surface area contributed by atoms with Crippen molar-refractivity contribution in [3.8, 4) is 5.75 Å². The fourth-order valence-electron chi connectivity index (χ4n) is 3.83. The largest absolute Gasteiger partial charge is 0.495 e. The first-order chi connectivity index (χ1) is 17.4. The molecule has 2 rings (SSSR count). The topological polar surface area (TPSA) is 96.0 Å². The molecule has 0 aliphatic rings. The molecule has 37 heavy (non-hydrogen) atoms. The van der Waals surface area contributed by atoms with E-state index in [1.165, 1.54) is 17.5 Å². The highest BCUT2D eigenvalue weighted by Gasteiger charge is 2.27. The fraction of sp³-hybridized carbons (Fsp3) is 0.481. The van der Waals surface area contributed by atoms with Crippen LogP contribution in [-0.4, -0.2) is 57.1 Å². The van der Waals surface area contributed by atoms with Gasteiger partial charge in [0, 0.05) is 25.6 Å². The number of carbonyl (C=O) groups is 2. The van der Waals surface area contributed by atoms with E-state index in [9.17, 15) is 18.0 Å². The smallest absolute Gasteiger partial charge is 0.242 e. The SMILES string of the molecule is CC[C@@H](C)NC(=O)[C@H](C)N(Cc1ccccc1C)C(=O)CCCN(c1ccc(OC)c(Cl)c1)S(C)(=O)=O. The first kappa shape index (κ1) is 30.4. The Hall–Kier alpha value is -2.78. The Labute approximate surface area is 226 Å². The van der Waals surface area contributed by atoms with E-state index in [4.69, 9.17) is 16.3 Å². The lowest BCUT2D eigenvalue weighted by molar-refractivity contribution is -0.140. The lowest BCUT2D eigenvalue weighted by atomic mass is 10.1. The maximum absolute atomic E-state index is 13.4. The van der Waals surface area contributed by atoms with Gasteiger partial charge >= 0.3 is 0 Å². The van der Waals surface area contributed by atoms with Gasteiger partial charge in [0.25, 0.3) is 0 Å². The molecule has 0 spiro atoms. The zero-order valence-electron chi connectivity index (χ0n) is 22.5. The van der Waals surface area contributed by atoms with Crippen LogP contribution in [-0.2, 0) is 26.2 Å². The summed E-state index contributed by atoms with van der Waals surface area (Å²) in [7, 11) is -2.15. The van der Waals surface area contributed by atoms with Crippen molar-refractivity contribution in [1.82, 2.24) is 10.2 Å². The van der Waals surface area contributed by atoms with Gasteiger partial charge in [-0.3, -0.25) is 13.9 Å². The predicted octanol–water partition coefficient (Wildman–Crippen LogP) is 4.54. The molecular formula is C27H38ClN3O5S. The monoisotopic (exact) mass is 551 g/mol. The average Bonchev–Trinajstić information content (AvgIpc) is 2.84. The Balaban J connectivity index is 2.21. The number of anilines is 1. The third-order valence-corrected chi connectivity index (χ3v) is 7.84. The van der Waals surface area contributed by atoms with E-state index >= 15 is 0 Å². The van der Waals surface area contributed by atoms with Crippen LogP contribution in [0.4, 0.5) is 5.69 Å². The molecule has 0 bridgehead atoms. The summed E-state index contributed by atoms with van der Waals surface area (Å²) in [4.78, 5) is 27.9. The molecule has 8 nitrogen and oxygen atoms in total. The molecule has 0 saturated heterocycles. The van der Waals surface area contributed by atoms with Gasteiger partial charge in [0.2, 0.25) is 21.8 Å². The first-order valence-corrected chi connectivity index (χ1v) is 14.6. The molecule has 0 heterocycles. The molecule has 0 fully saturated rings. The molecule has 0 aliphatic carbocycles. The average molecular weight is 552 g/mol. The fourth-order valence-corrected chi connectivity index (χ4v) is 5.04. The van der Waals surface area contributed by atoms with Gasteiger partial charge in [-0.2, -0.15) is 0 Å². The van der Waals surface area contributed by atoms with Gasteiger partial charge in [-0.15, -0.1) is 0 Å². The Bertz CT molecular complexity index is 1190. The molecule has 10 heteroatoms. The number of halogens is 1. The molecule has 0 aromatic heterocycles. The third kappa shape index (κ3) is 8.64. The molecule has 2 aromatic rings. The van der Waals surface area contributed by atoms with Gasteiger partial charge in [0.05, 0.1) is 24.1 Å². The van der Waals surface area contributed by atoms with Crippen LogP contribution >= 0.6 is 11.6 Å². The van der Waals surface area contributed by atoms with Crippen LogP contribution in [0.15, 0.2) is 42.5 Å². The highest BCUT2D eigenvalue weighted by molar-refractivity contribution is 7.92. The van der Waals surface area contributed by atoms with Crippen LogP contribution in [0.3, 0.4) is 0 Å². The van der Waals surface area contributed by atoms with Crippen molar-refractivity contribution in [3.05, 3.63) is 58.6 Å². The first-order valence-electron chi connectivity index (χ1n) is 12.3. The van der Waals surface area contributed by atoms with Crippen LogP contribution in [0.2, 0.25) is 5.02 Å². The second kappa shape index (κ2) is 13.7. The molecule has 1 N–H and O–H groups in total. The summed E-state index contributed by atoms with van der Waals surface area (Å²) in [6, 6.07) is 11.8. The van der Waals surface area contributed by atoms with E-state index in [2.05, 4.69) is 5.32 Å². The molecule has 2 amide bonds. The minimum absolute atomic E-state index is 0.00926. The van der Waals surface area contributed by atoms with Crippen molar-refractivity contribution in [2.45, 2.75) is 65.6 Å². The molecule has 2 aromatic carbocycles. The van der Waals surface area contributed by atoms with Crippen LogP contribution in [0.5, 0.6) is 5.75 Å². The van der Waals surface area contributed by atoms with Gasteiger partial charge < -0.3 is 15.0 Å². The number of rotatable bonds is 13. The van der Waals surface area contributed by atoms with Crippen LogP contribution in [0.25, 0.3) is 0 Å². The van der Waals surface area contributed by atoms with Crippen molar-refractivity contribution in [3.63, 3.8) is 0 Å². The van der Waals surface area contributed by atoms with E-state index in [0.29, 0.717) is 11.4 Å². The maximum atomic E-state index is 13.4. The highest BCUT2D eigenvalue weighted by atomic mass is 35.5. The molecule has 204 valence electrons. The van der Waals surface area contributed by atoms with E-state index in [1.807, 2.05) is 45.0 Å². The Morgan fingerprint density at radius 1 is 1.14 bits per heavy atom. The van der Waals surface area contributed by atoms with Crippen molar-refractivity contribution in [1.29, 1.82) is 0 Å². The summed E-state index contributed by atoms with van der Waals surface area (Å²) in [5.74, 6) is -0.0104. The lowest BCUT2D eigenvalue weighted by Crippen LogP contribution is -2.49. The Morgan fingerprint density at radius 3 is 2.38 bits per heavy atom. The number of nitrogens with zero attached hydrogens (tertiary/aromatic N) is 2. The summed E-state index contributed by atoms with van der Waals surface area (Å²) >= 11 is 6.21. The number of hydrogen-bond acceptors (Lipinski definition) is 5.